The molecule has 0 amide bonds. The molecule has 0 bridgehead atoms. The molecule has 0 radical (unpaired) electrons. The first-order valence-electron chi connectivity index (χ1n) is 3.35. The highest BCUT2D eigenvalue weighted by Gasteiger charge is 1.98. The van der Waals surface area contributed by atoms with Crippen molar-refractivity contribution in [1.29, 1.82) is 0 Å². The molecular formula is C7H6N2O2S. The van der Waals surface area contributed by atoms with Gasteiger partial charge in [-0.05, 0) is 18.2 Å². The van der Waals surface area contributed by atoms with Crippen molar-refractivity contribution in [1.82, 2.24) is 9.97 Å². The smallest absolute Gasteiger partial charge is 0.168 e. The second kappa shape index (κ2) is 2.60. The molecule has 0 saturated carbocycles. The van der Waals surface area contributed by atoms with E-state index in [2.05, 4.69) is 9.97 Å². The summed E-state index contributed by atoms with van der Waals surface area (Å²) in [6, 6.07) is 4.78. The largest absolute Gasteiger partial charge is 0.345 e. The van der Waals surface area contributed by atoms with Gasteiger partial charge in [0.25, 0.3) is 0 Å². The van der Waals surface area contributed by atoms with Crippen molar-refractivity contribution in [3.05, 3.63) is 24.5 Å². The van der Waals surface area contributed by atoms with Gasteiger partial charge in [0, 0.05) is 0 Å². The monoisotopic (exact) mass is 182 g/mol. The van der Waals surface area contributed by atoms with Gasteiger partial charge in [0.15, 0.2) is 10.7 Å². The van der Waals surface area contributed by atoms with E-state index < -0.39 is 10.7 Å². The quantitative estimate of drug-likeness (QED) is 0.632. The van der Waals surface area contributed by atoms with Crippen LogP contribution in [0.1, 0.15) is 0 Å². The van der Waals surface area contributed by atoms with Crippen LogP contribution < -0.4 is 0 Å². The number of benzene rings is 1. The maximum Gasteiger partial charge on any atom is 0.168 e. The Balaban J connectivity index is 2.76. The fourth-order valence-corrected chi connectivity index (χ4v) is 1.46. The molecule has 1 aromatic heterocycles. The van der Waals surface area contributed by atoms with E-state index in [4.69, 9.17) is 0 Å². The standard InChI is InChI=1S/C7H6N2O2S/c10-12(11)5-1-2-6-7(3-5)9-4-8-6/h1-4,12H,(H,8,9). The molecule has 0 unspecified atom stereocenters. The van der Waals surface area contributed by atoms with Gasteiger partial charge >= 0.3 is 0 Å². The Kier molecular flexibility index (Phi) is 1.58. The zero-order chi connectivity index (χ0) is 8.55. The van der Waals surface area contributed by atoms with E-state index >= 15 is 0 Å². The van der Waals surface area contributed by atoms with E-state index in [1.54, 1.807) is 12.1 Å². The molecule has 5 heteroatoms. The van der Waals surface area contributed by atoms with Crippen molar-refractivity contribution < 1.29 is 8.42 Å². The van der Waals surface area contributed by atoms with Gasteiger partial charge in [-0.15, -0.1) is 0 Å². The summed E-state index contributed by atoms with van der Waals surface area (Å²) in [5, 5.41) is 0. The van der Waals surface area contributed by atoms with Crippen LogP contribution in [0.15, 0.2) is 29.4 Å². The zero-order valence-corrected chi connectivity index (χ0v) is 6.91. The molecule has 0 fully saturated rings. The number of aromatic nitrogens is 2. The Morgan fingerprint density at radius 2 is 2.17 bits per heavy atom. The second-order valence-corrected chi connectivity index (χ2v) is 3.39. The van der Waals surface area contributed by atoms with Crippen LogP contribution in [0.2, 0.25) is 0 Å². The predicted octanol–water partition coefficient (Wildman–Crippen LogP) is 0.533. The minimum Gasteiger partial charge on any atom is -0.345 e. The van der Waals surface area contributed by atoms with Crippen LogP contribution in [0.4, 0.5) is 0 Å². The summed E-state index contributed by atoms with van der Waals surface area (Å²) in [6.45, 7) is 0. The summed E-state index contributed by atoms with van der Waals surface area (Å²) in [5.74, 6) is 0. The van der Waals surface area contributed by atoms with Crippen LogP contribution in [-0.2, 0) is 10.7 Å². The molecule has 4 nitrogen and oxygen atoms in total. The maximum absolute atomic E-state index is 10.6. The molecule has 0 saturated heterocycles. The molecule has 2 aromatic rings. The first-order chi connectivity index (χ1) is 5.77. The molecule has 1 N–H and O–H groups in total. The van der Waals surface area contributed by atoms with Gasteiger partial charge in [0.2, 0.25) is 0 Å². The number of nitrogens with zero attached hydrogens (tertiary/aromatic N) is 1. The van der Waals surface area contributed by atoms with Crippen LogP contribution in [0.3, 0.4) is 0 Å². The molecular weight excluding hydrogens is 176 g/mol. The lowest BCUT2D eigenvalue weighted by atomic mass is 10.3. The van der Waals surface area contributed by atoms with Gasteiger partial charge in [-0.25, -0.2) is 13.4 Å². The molecule has 2 rings (SSSR count). The third kappa shape index (κ3) is 1.08. The van der Waals surface area contributed by atoms with E-state index in [-0.39, 0.29) is 0 Å². The number of thiol groups is 1. The Morgan fingerprint density at radius 3 is 2.92 bits per heavy atom. The highest BCUT2D eigenvalue weighted by atomic mass is 32.2. The topological polar surface area (TPSA) is 62.8 Å². The number of fused-ring (bicyclic) bond motifs is 1. The number of imidazole rings is 1. The summed E-state index contributed by atoms with van der Waals surface area (Å²) in [4.78, 5) is 7.11. The van der Waals surface area contributed by atoms with E-state index in [9.17, 15) is 8.42 Å². The van der Waals surface area contributed by atoms with Gasteiger partial charge in [-0.1, -0.05) is 0 Å². The van der Waals surface area contributed by atoms with Gasteiger partial charge in [0.1, 0.15) is 0 Å². The Bertz CT molecular complexity index is 479. The predicted molar refractivity (Wildman–Crippen MR) is 44.7 cm³/mol. The zero-order valence-electron chi connectivity index (χ0n) is 6.02. The van der Waals surface area contributed by atoms with Gasteiger partial charge in [0.05, 0.1) is 22.3 Å². The number of aromatic amines is 1. The molecule has 0 atom stereocenters. The Labute approximate surface area is 70.2 Å². The van der Waals surface area contributed by atoms with E-state index in [1.807, 2.05) is 0 Å². The number of hydrogen-bond acceptors (Lipinski definition) is 3. The maximum atomic E-state index is 10.6. The average molecular weight is 182 g/mol. The van der Waals surface area contributed by atoms with Crippen molar-refractivity contribution >= 4 is 21.7 Å². The Morgan fingerprint density at radius 1 is 1.33 bits per heavy atom. The molecule has 1 heterocycles. The van der Waals surface area contributed by atoms with Crippen LogP contribution in [-0.4, -0.2) is 18.4 Å². The van der Waals surface area contributed by atoms with Gasteiger partial charge in [-0.3, -0.25) is 0 Å². The first kappa shape index (κ1) is 7.30. The number of H-pyrrole nitrogens is 1. The lowest BCUT2D eigenvalue weighted by Gasteiger charge is -1.89. The third-order valence-corrected chi connectivity index (χ3v) is 2.32. The molecule has 62 valence electrons. The van der Waals surface area contributed by atoms with Crippen LogP contribution in [0.25, 0.3) is 11.0 Å². The number of rotatable bonds is 1. The minimum absolute atomic E-state index is 0.296. The minimum atomic E-state index is -2.50. The fourth-order valence-electron chi connectivity index (χ4n) is 1.03. The van der Waals surface area contributed by atoms with Crippen molar-refractivity contribution in [2.75, 3.05) is 0 Å². The van der Waals surface area contributed by atoms with Gasteiger partial charge < -0.3 is 4.98 Å². The molecule has 0 aliphatic carbocycles. The van der Waals surface area contributed by atoms with E-state index in [0.29, 0.717) is 10.4 Å². The lowest BCUT2D eigenvalue weighted by Crippen LogP contribution is -1.79. The van der Waals surface area contributed by atoms with Crippen LogP contribution >= 0.6 is 0 Å². The van der Waals surface area contributed by atoms with Crippen LogP contribution in [0.5, 0.6) is 0 Å². The normalized spacial score (nSPS) is 11.1. The summed E-state index contributed by atoms with van der Waals surface area (Å²) in [5.41, 5.74) is 1.52. The van der Waals surface area contributed by atoms with Crippen molar-refractivity contribution in [3.63, 3.8) is 0 Å². The molecule has 0 spiro atoms. The highest BCUT2D eigenvalue weighted by Crippen LogP contribution is 2.11. The highest BCUT2D eigenvalue weighted by molar-refractivity contribution is 7.72. The Hall–Kier alpha value is -1.36. The van der Waals surface area contributed by atoms with Gasteiger partial charge in [-0.2, -0.15) is 0 Å². The number of nitrogens with one attached hydrogen (secondary N) is 1. The van der Waals surface area contributed by atoms with E-state index in [1.165, 1.54) is 12.4 Å². The van der Waals surface area contributed by atoms with Crippen LogP contribution in [0, 0.1) is 0 Å². The summed E-state index contributed by atoms with van der Waals surface area (Å²) < 4.78 is 21.1. The van der Waals surface area contributed by atoms with Crippen molar-refractivity contribution in [2.24, 2.45) is 0 Å². The average Bonchev–Trinajstić information content (AvgIpc) is 2.49. The summed E-state index contributed by atoms with van der Waals surface area (Å²) in [7, 11) is -2.50. The van der Waals surface area contributed by atoms with Crippen molar-refractivity contribution in [3.8, 4) is 0 Å². The first-order valence-corrected chi connectivity index (χ1v) is 4.52. The van der Waals surface area contributed by atoms with E-state index in [0.717, 1.165) is 5.52 Å². The lowest BCUT2D eigenvalue weighted by molar-refractivity contribution is 0.614. The third-order valence-electron chi connectivity index (χ3n) is 1.62. The molecule has 12 heavy (non-hydrogen) atoms. The summed E-state index contributed by atoms with van der Waals surface area (Å²) >= 11 is 0. The SMILES string of the molecule is O=[SH](=O)c1ccc2[nH]cnc2c1. The second-order valence-electron chi connectivity index (χ2n) is 2.36. The fraction of sp³-hybridized carbons (Fsp3) is 0. The summed E-state index contributed by atoms with van der Waals surface area (Å²) in [6.07, 6.45) is 1.53. The molecule has 0 aliphatic rings. The van der Waals surface area contributed by atoms with Crippen molar-refractivity contribution in [2.45, 2.75) is 4.90 Å². The molecule has 1 aromatic carbocycles. The number of hydrogen-bond donors (Lipinski definition) is 2. The molecule has 0 aliphatic heterocycles.